The van der Waals surface area contributed by atoms with Gasteiger partial charge in [0.2, 0.25) is 0 Å². The molecule has 1 aromatic carbocycles. The second-order valence-corrected chi connectivity index (χ2v) is 5.00. The van der Waals surface area contributed by atoms with E-state index in [9.17, 15) is 4.79 Å². The molecule has 0 atom stereocenters. The number of hydrogen-bond donors (Lipinski definition) is 0. The molecule has 0 aliphatic carbocycles. The maximum absolute atomic E-state index is 12.2. The maximum atomic E-state index is 12.2. The van der Waals surface area contributed by atoms with Gasteiger partial charge in [-0.2, -0.15) is 0 Å². The average molecular weight is 344 g/mol. The van der Waals surface area contributed by atoms with Crippen LogP contribution < -0.4 is 5.56 Å². The smallest absolute Gasteiger partial charge is 0.261 e. The SMILES string of the molecule is COCCCn1cnc2ccc(I)cc2c1=O. The number of hydrogen-bond acceptors (Lipinski definition) is 3. The van der Waals surface area contributed by atoms with Crippen LogP contribution in [0.4, 0.5) is 0 Å². The van der Waals surface area contributed by atoms with E-state index in [1.807, 2.05) is 18.2 Å². The second-order valence-electron chi connectivity index (χ2n) is 3.75. The lowest BCUT2D eigenvalue weighted by atomic mass is 10.2. The zero-order valence-corrected chi connectivity index (χ0v) is 11.7. The summed E-state index contributed by atoms with van der Waals surface area (Å²) in [6.45, 7) is 1.29. The summed E-state index contributed by atoms with van der Waals surface area (Å²) in [6, 6.07) is 5.70. The fourth-order valence-corrected chi connectivity index (χ4v) is 2.16. The third kappa shape index (κ3) is 2.84. The standard InChI is InChI=1S/C12H13IN2O2/c1-17-6-2-5-15-8-14-11-4-3-9(13)7-10(11)12(15)16/h3-4,7-8H,2,5-6H2,1H3. The quantitative estimate of drug-likeness (QED) is 0.630. The number of aromatic nitrogens is 2. The van der Waals surface area contributed by atoms with E-state index in [1.54, 1.807) is 18.0 Å². The van der Waals surface area contributed by atoms with Crippen LogP contribution in [-0.2, 0) is 11.3 Å². The summed E-state index contributed by atoms with van der Waals surface area (Å²) in [7, 11) is 1.66. The van der Waals surface area contributed by atoms with Gasteiger partial charge in [-0.05, 0) is 47.2 Å². The Morgan fingerprint density at radius 1 is 1.47 bits per heavy atom. The molecule has 2 aromatic rings. The lowest BCUT2D eigenvalue weighted by Crippen LogP contribution is -2.21. The normalized spacial score (nSPS) is 10.9. The van der Waals surface area contributed by atoms with Crippen molar-refractivity contribution in [2.75, 3.05) is 13.7 Å². The van der Waals surface area contributed by atoms with E-state index < -0.39 is 0 Å². The van der Waals surface area contributed by atoms with Crippen molar-refractivity contribution in [3.63, 3.8) is 0 Å². The fraction of sp³-hybridized carbons (Fsp3) is 0.333. The molecule has 2 rings (SSSR count). The van der Waals surface area contributed by atoms with E-state index in [0.29, 0.717) is 18.5 Å². The number of fused-ring (bicyclic) bond motifs is 1. The number of aryl methyl sites for hydroxylation is 1. The van der Waals surface area contributed by atoms with E-state index in [1.165, 1.54) is 0 Å². The molecule has 0 aliphatic heterocycles. The van der Waals surface area contributed by atoms with Gasteiger partial charge in [0.25, 0.3) is 5.56 Å². The summed E-state index contributed by atoms with van der Waals surface area (Å²) < 4.78 is 7.65. The van der Waals surface area contributed by atoms with Crippen molar-refractivity contribution >= 4 is 33.5 Å². The fourth-order valence-electron chi connectivity index (χ4n) is 1.67. The molecule has 0 fully saturated rings. The van der Waals surface area contributed by atoms with Crippen molar-refractivity contribution in [2.24, 2.45) is 0 Å². The molecular weight excluding hydrogens is 331 g/mol. The molecule has 4 nitrogen and oxygen atoms in total. The number of rotatable bonds is 4. The number of nitrogens with zero attached hydrogens (tertiary/aromatic N) is 2. The number of methoxy groups -OCH3 is 1. The van der Waals surface area contributed by atoms with Crippen molar-refractivity contribution in [3.05, 3.63) is 38.5 Å². The zero-order valence-electron chi connectivity index (χ0n) is 9.52. The molecule has 17 heavy (non-hydrogen) atoms. The van der Waals surface area contributed by atoms with Crippen molar-refractivity contribution in [3.8, 4) is 0 Å². The first-order valence-corrected chi connectivity index (χ1v) is 6.44. The molecule has 0 radical (unpaired) electrons. The summed E-state index contributed by atoms with van der Waals surface area (Å²) in [5, 5.41) is 0.678. The zero-order chi connectivity index (χ0) is 12.3. The first kappa shape index (κ1) is 12.5. The van der Waals surface area contributed by atoms with Gasteiger partial charge in [-0.1, -0.05) is 0 Å². The molecule has 0 bridgehead atoms. The van der Waals surface area contributed by atoms with Gasteiger partial charge in [0, 0.05) is 23.8 Å². The summed E-state index contributed by atoms with van der Waals surface area (Å²) in [6.07, 6.45) is 2.42. The Labute approximate surface area is 113 Å². The number of halogens is 1. The van der Waals surface area contributed by atoms with Crippen LogP contribution in [0, 0.1) is 3.57 Å². The molecule has 0 spiro atoms. The lowest BCUT2D eigenvalue weighted by molar-refractivity contribution is 0.190. The minimum Gasteiger partial charge on any atom is -0.385 e. The summed E-state index contributed by atoms with van der Waals surface area (Å²) >= 11 is 2.20. The Morgan fingerprint density at radius 2 is 2.29 bits per heavy atom. The van der Waals surface area contributed by atoms with Crippen LogP contribution in [0.2, 0.25) is 0 Å². The highest BCUT2D eigenvalue weighted by Crippen LogP contribution is 2.11. The molecule has 0 N–H and O–H groups in total. The summed E-state index contributed by atoms with van der Waals surface area (Å²) in [4.78, 5) is 16.4. The minimum atomic E-state index is 0.0182. The van der Waals surface area contributed by atoms with Crippen LogP contribution in [0.15, 0.2) is 29.3 Å². The molecule has 1 aromatic heterocycles. The van der Waals surface area contributed by atoms with Gasteiger partial charge in [-0.15, -0.1) is 0 Å². The summed E-state index contributed by atoms with van der Waals surface area (Å²) in [5.74, 6) is 0. The highest BCUT2D eigenvalue weighted by atomic mass is 127. The molecule has 0 unspecified atom stereocenters. The van der Waals surface area contributed by atoms with Gasteiger partial charge in [0.05, 0.1) is 17.2 Å². The monoisotopic (exact) mass is 344 g/mol. The van der Waals surface area contributed by atoms with Crippen LogP contribution in [0.1, 0.15) is 6.42 Å². The number of benzene rings is 1. The van der Waals surface area contributed by atoms with Gasteiger partial charge in [0.1, 0.15) is 0 Å². The molecule has 0 saturated carbocycles. The van der Waals surface area contributed by atoms with Gasteiger partial charge in [-0.3, -0.25) is 9.36 Å². The predicted molar refractivity (Wildman–Crippen MR) is 75.2 cm³/mol. The van der Waals surface area contributed by atoms with Crippen LogP contribution in [0.5, 0.6) is 0 Å². The van der Waals surface area contributed by atoms with E-state index in [2.05, 4.69) is 27.6 Å². The molecule has 0 amide bonds. The maximum Gasteiger partial charge on any atom is 0.261 e. The lowest BCUT2D eigenvalue weighted by Gasteiger charge is -2.06. The molecule has 1 heterocycles. The Bertz CT molecular complexity index is 580. The van der Waals surface area contributed by atoms with Gasteiger partial charge in [-0.25, -0.2) is 4.98 Å². The third-order valence-corrected chi connectivity index (χ3v) is 3.20. The van der Waals surface area contributed by atoms with Crippen LogP contribution in [0.3, 0.4) is 0 Å². The van der Waals surface area contributed by atoms with Crippen molar-refractivity contribution in [2.45, 2.75) is 13.0 Å². The van der Waals surface area contributed by atoms with Gasteiger partial charge < -0.3 is 4.74 Å². The second kappa shape index (κ2) is 5.59. The molecule has 90 valence electrons. The van der Waals surface area contributed by atoms with Crippen molar-refractivity contribution < 1.29 is 4.74 Å². The largest absolute Gasteiger partial charge is 0.385 e. The Hall–Kier alpha value is -0.950. The van der Waals surface area contributed by atoms with E-state index in [4.69, 9.17) is 4.74 Å². The molecule has 0 aliphatic rings. The first-order chi connectivity index (χ1) is 8.22. The molecular formula is C12H13IN2O2. The van der Waals surface area contributed by atoms with Crippen LogP contribution in [0.25, 0.3) is 10.9 Å². The Kier molecular flexibility index (Phi) is 4.11. The van der Waals surface area contributed by atoms with Crippen LogP contribution >= 0.6 is 22.6 Å². The van der Waals surface area contributed by atoms with Crippen molar-refractivity contribution in [1.82, 2.24) is 9.55 Å². The highest BCUT2D eigenvalue weighted by molar-refractivity contribution is 14.1. The van der Waals surface area contributed by atoms with Gasteiger partial charge >= 0.3 is 0 Å². The average Bonchev–Trinajstić information content (AvgIpc) is 2.33. The third-order valence-electron chi connectivity index (χ3n) is 2.53. The van der Waals surface area contributed by atoms with Gasteiger partial charge in [0.15, 0.2) is 0 Å². The topological polar surface area (TPSA) is 44.1 Å². The first-order valence-electron chi connectivity index (χ1n) is 5.36. The summed E-state index contributed by atoms with van der Waals surface area (Å²) in [5.41, 5.74) is 0.767. The Balaban J connectivity index is 2.39. The van der Waals surface area contributed by atoms with E-state index in [-0.39, 0.29) is 5.56 Å². The highest BCUT2D eigenvalue weighted by Gasteiger charge is 2.04. The minimum absolute atomic E-state index is 0.0182. The van der Waals surface area contributed by atoms with E-state index >= 15 is 0 Å². The predicted octanol–water partition coefficient (Wildman–Crippen LogP) is 2.04. The van der Waals surface area contributed by atoms with Crippen LogP contribution in [-0.4, -0.2) is 23.3 Å². The van der Waals surface area contributed by atoms with E-state index in [0.717, 1.165) is 15.5 Å². The molecule has 5 heteroatoms. The Morgan fingerprint density at radius 3 is 3.06 bits per heavy atom. The number of ether oxygens (including phenoxy) is 1. The molecule has 0 saturated heterocycles. The van der Waals surface area contributed by atoms with Crippen molar-refractivity contribution in [1.29, 1.82) is 0 Å².